The fraction of sp³-hybridized carbons (Fsp3) is 0.300. The normalized spacial score (nSPS) is 16.1. The molecule has 0 amide bonds. The van der Waals surface area contributed by atoms with Gasteiger partial charge in [0.25, 0.3) is 0 Å². The number of hydrogen-bond donors (Lipinski definition) is 1. The minimum absolute atomic E-state index is 0.0535. The van der Waals surface area contributed by atoms with Gasteiger partial charge in [-0.25, -0.2) is 31.7 Å². The molecule has 0 atom stereocenters. The highest BCUT2D eigenvalue weighted by Crippen LogP contribution is 2.27. The van der Waals surface area contributed by atoms with Crippen molar-refractivity contribution in [2.75, 3.05) is 13.1 Å². The number of benzene rings is 2. The van der Waals surface area contributed by atoms with Crippen LogP contribution in [-0.2, 0) is 16.4 Å². The van der Waals surface area contributed by atoms with Gasteiger partial charge in [-0.1, -0.05) is 24.3 Å². The van der Waals surface area contributed by atoms with Crippen LogP contribution in [0.15, 0.2) is 58.2 Å². The lowest BCUT2D eigenvalue weighted by atomic mass is 9.94. The number of piperidine rings is 1. The lowest BCUT2D eigenvalue weighted by Gasteiger charge is -2.31. The summed E-state index contributed by atoms with van der Waals surface area (Å²) >= 11 is 0. The summed E-state index contributed by atoms with van der Waals surface area (Å²) < 4.78 is 56.1. The molecule has 1 aromatic heterocycles. The van der Waals surface area contributed by atoms with Gasteiger partial charge >= 0.3 is 5.69 Å². The first-order valence-corrected chi connectivity index (χ1v) is 11.0. The third-order valence-corrected chi connectivity index (χ3v) is 7.27. The van der Waals surface area contributed by atoms with Gasteiger partial charge in [-0.15, -0.1) is 0 Å². The molecular formula is C20H20F2N4O3S. The minimum Gasteiger partial charge on any atom is -0.246 e. The molecule has 1 aliphatic heterocycles. The number of aromatic amines is 1. The first-order valence-electron chi connectivity index (χ1n) is 9.54. The molecule has 0 unspecified atom stereocenters. The maximum absolute atomic E-state index is 14.2. The molecule has 7 nitrogen and oxygen atoms in total. The number of halogens is 2. The SMILES string of the molecule is O=c1[nH]nc(CC2CCN(S(=O)(=O)c3ccccc3F)CC2)n1-c1ccccc1F. The molecule has 1 N–H and O–H groups in total. The van der Waals surface area contributed by atoms with E-state index in [1.54, 1.807) is 6.07 Å². The number of sulfonamides is 1. The van der Waals surface area contributed by atoms with Crippen molar-refractivity contribution in [1.29, 1.82) is 0 Å². The number of hydrogen-bond acceptors (Lipinski definition) is 4. The Morgan fingerprint density at radius 3 is 2.30 bits per heavy atom. The van der Waals surface area contributed by atoms with Crippen molar-refractivity contribution in [1.82, 2.24) is 19.1 Å². The van der Waals surface area contributed by atoms with Gasteiger partial charge in [0.1, 0.15) is 22.4 Å². The minimum atomic E-state index is -3.91. The molecule has 10 heteroatoms. The topological polar surface area (TPSA) is 88.1 Å². The number of nitrogens with zero attached hydrogens (tertiary/aromatic N) is 3. The van der Waals surface area contributed by atoms with E-state index in [-0.39, 0.29) is 29.6 Å². The summed E-state index contributed by atoms with van der Waals surface area (Å²) in [6, 6.07) is 11.3. The molecule has 158 valence electrons. The molecule has 0 bridgehead atoms. The van der Waals surface area contributed by atoms with Crippen molar-refractivity contribution in [3.05, 3.63) is 76.5 Å². The molecule has 0 aliphatic carbocycles. The number of para-hydroxylation sites is 1. The van der Waals surface area contributed by atoms with E-state index in [0.29, 0.717) is 25.1 Å². The molecular weight excluding hydrogens is 414 g/mol. The molecule has 1 saturated heterocycles. The van der Waals surface area contributed by atoms with E-state index in [4.69, 9.17) is 0 Å². The fourth-order valence-corrected chi connectivity index (χ4v) is 5.29. The summed E-state index contributed by atoms with van der Waals surface area (Å²) in [5.74, 6) is -0.864. The van der Waals surface area contributed by atoms with Crippen LogP contribution in [0.2, 0.25) is 0 Å². The average Bonchev–Trinajstić information content (AvgIpc) is 3.09. The van der Waals surface area contributed by atoms with Gasteiger partial charge < -0.3 is 0 Å². The molecule has 30 heavy (non-hydrogen) atoms. The van der Waals surface area contributed by atoms with E-state index in [1.807, 2.05) is 0 Å². The second kappa shape index (κ2) is 8.11. The predicted molar refractivity (Wildman–Crippen MR) is 106 cm³/mol. The molecule has 1 fully saturated rings. The highest BCUT2D eigenvalue weighted by atomic mass is 32.2. The lowest BCUT2D eigenvalue weighted by molar-refractivity contribution is 0.269. The van der Waals surface area contributed by atoms with Crippen molar-refractivity contribution >= 4 is 10.0 Å². The van der Waals surface area contributed by atoms with Crippen LogP contribution in [0.25, 0.3) is 5.69 Å². The van der Waals surface area contributed by atoms with E-state index in [0.717, 1.165) is 6.07 Å². The predicted octanol–water partition coefficient (Wildman–Crippen LogP) is 2.48. The van der Waals surface area contributed by atoms with Crippen LogP contribution < -0.4 is 5.69 Å². The first-order chi connectivity index (χ1) is 14.4. The van der Waals surface area contributed by atoms with Crippen LogP contribution in [0.3, 0.4) is 0 Å². The maximum atomic E-state index is 14.2. The average molecular weight is 434 g/mol. The van der Waals surface area contributed by atoms with Crippen molar-refractivity contribution in [2.24, 2.45) is 5.92 Å². The van der Waals surface area contributed by atoms with E-state index < -0.39 is 27.3 Å². The van der Waals surface area contributed by atoms with E-state index in [9.17, 15) is 22.0 Å². The van der Waals surface area contributed by atoms with Gasteiger partial charge in [0.15, 0.2) is 0 Å². The Hall–Kier alpha value is -2.85. The van der Waals surface area contributed by atoms with Crippen LogP contribution in [0, 0.1) is 17.6 Å². The van der Waals surface area contributed by atoms with Crippen LogP contribution in [0.4, 0.5) is 8.78 Å². The van der Waals surface area contributed by atoms with Gasteiger partial charge in [-0.2, -0.15) is 9.40 Å². The molecule has 0 spiro atoms. The lowest BCUT2D eigenvalue weighted by Crippen LogP contribution is -2.39. The van der Waals surface area contributed by atoms with E-state index in [1.165, 1.54) is 45.3 Å². The molecule has 2 aromatic carbocycles. The van der Waals surface area contributed by atoms with Crippen molar-refractivity contribution in [3.8, 4) is 5.69 Å². The van der Waals surface area contributed by atoms with Crippen LogP contribution >= 0.6 is 0 Å². The molecule has 0 saturated carbocycles. The number of H-pyrrole nitrogens is 1. The Morgan fingerprint density at radius 2 is 1.63 bits per heavy atom. The molecule has 1 aliphatic rings. The molecule has 3 aromatic rings. The van der Waals surface area contributed by atoms with Gasteiger partial charge in [-0.05, 0) is 43.0 Å². The van der Waals surface area contributed by atoms with Crippen LogP contribution in [0.1, 0.15) is 18.7 Å². The zero-order valence-corrected chi connectivity index (χ0v) is 16.8. The largest absolute Gasteiger partial charge is 0.348 e. The third kappa shape index (κ3) is 3.80. The number of nitrogens with one attached hydrogen (secondary N) is 1. The summed E-state index contributed by atoms with van der Waals surface area (Å²) in [6.07, 6.45) is 1.43. The Morgan fingerprint density at radius 1 is 1.00 bits per heavy atom. The summed E-state index contributed by atoms with van der Waals surface area (Å²) in [7, 11) is -3.91. The Kier molecular flexibility index (Phi) is 5.52. The number of rotatable bonds is 5. The van der Waals surface area contributed by atoms with Crippen LogP contribution in [-0.4, -0.2) is 40.6 Å². The smallest absolute Gasteiger partial charge is 0.246 e. The van der Waals surface area contributed by atoms with Crippen molar-refractivity contribution < 1.29 is 17.2 Å². The first kappa shape index (κ1) is 20.4. The van der Waals surface area contributed by atoms with Crippen molar-refractivity contribution in [3.63, 3.8) is 0 Å². The summed E-state index contributed by atoms with van der Waals surface area (Å²) in [5, 5.41) is 6.39. The Labute approximate surface area is 172 Å². The highest BCUT2D eigenvalue weighted by molar-refractivity contribution is 7.89. The van der Waals surface area contributed by atoms with Crippen molar-refractivity contribution in [2.45, 2.75) is 24.2 Å². The summed E-state index contributed by atoms with van der Waals surface area (Å²) in [5.41, 5.74) is -0.416. The molecule has 4 rings (SSSR count). The van der Waals surface area contributed by atoms with Gasteiger partial charge in [-0.3, -0.25) is 0 Å². The monoisotopic (exact) mass is 434 g/mol. The quantitative estimate of drug-likeness (QED) is 0.668. The van der Waals surface area contributed by atoms with E-state index >= 15 is 0 Å². The van der Waals surface area contributed by atoms with Crippen LogP contribution in [0.5, 0.6) is 0 Å². The second-order valence-corrected chi connectivity index (χ2v) is 9.12. The van der Waals surface area contributed by atoms with Gasteiger partial charge in [0.2, 0.25) is 10.0 Å². The molecule has 0 radical (unpaired) electrons. The summed E-state index contributed by atoms with van der Waals surface area (Å²) in [4.78, 5) is 11.8. The third-order valence-electron chi connectivity index (χ3n) is 5.33. The standard InChI is InChI=1S/C20H20F2N4O3S/c21-15-5-1-3-7-17(15)26-19(23-24-20(26)27)13-14-9-11-25(12-10-14)30(28,29)18-8-4-2-6-16(18)22/h1-8,14H,9-13H2,(H,24,27). The Bertz CT molecular complexity index is 1210. The maximum Gasteiger partial charge on any atom is 0.348 e. The van der Waals surface area contributed by atoms with E-state index in [2.05, 4.69) is 10.2 Å². The zero-order chi connectivity index (χ0) is 21.3. The second-order valence-electron chi connectivity index (χ2n) is 7.21. The van der Waals surface area contributed by atoms with Gasteiger partial charge in [0, 0.05) is 19.5 Å². The van der Waals surface area contributed by atoms with Gasteiger partial charge in [0.05, 0.1) is 5.69 Å². The number of aromatic nitrogens is 3. The fourth-order valence-electron chi connectivity index (χ4n) is 3.75. The summed E-state index contributed by atoms with van der Waals surface area (Å²) in [6.45, 7) is 0.464. The molecule has 2 heterocycles. The zero-order valence-electron chi connectivity index (χ0n) is 16.0. The Balaban J connectivity index is 1.49. The highest BCUT2D eigenvalue weighted by Gasteiger charge is 2.32.